The Bertz CT molecular complexity index is 1290. The van der Waals surface area contributed by atoms with Crippen LogP contribution < -0.4 is 4.72 Å². The van der Waals surface area contributed by atoms with Crippen LogP contribution in [0.15, 0.2) is 64.4 Å². The lowest BCUT2D eigenvalue weighted by Gasteiger charge is -2.16. The van der Waals surface area contributed by atoms with E-state index in [1.54, 1.807) is 18.5 Å². The molecule has 8 nitrogen and oxygen atoms in total. The third-order valence-electron chi connectivity index (χ3n) is 5.30. The van der Waals surface area contributed by atoms with E-state index in [1.807, 2.05) is 30.3 Å². The number of rotatable bonds is 6. The van der Waals surface area contributed by atoms with Gasteiger partial charge in [-0.25, -0.2) is 21.5 Å². The molecule has 3 aromatic rings. The summed E-state index contributed by atoms with van der Waals surface area (Å²) in [4.78, 5) is 0.256. The number of hydrogen-bond donors (Lipinski definition) is 1. The summed E-state index contributed by atoms with van der Waals surface area (Å²) >= 11 is 0. The number of benzene rings is 2. The van der Waals surface area contributed by atoms with E-state index in [-0.39, 0.29) is 15.5 Å². The molecule has 2 heterocycles. The van der Waals surface area contributed by atoms with E-state index in [0.717, 1.165) is 18.5 Å². The van der Waals surface area contributed by atoms with Gasteiger partial charge in [0.1, 0.15) is 4.90 Å². The van der Waals surface area contributed by atoms with Crippen LogP contribution in [0, 0.1) is 13.8 Å². The van der Waals surface area contributed by atoms with Crippen molar-refractivity contribution >= 4 is 25.7 Å². The van der Waals surface area contributed by atoms with Gasteiger partial charge in [0.05, 0.1) is 22.0 Å². The van der Waals surface area contributed by atoms with Gasteiger partial charge in [-0.1, -0.05) is 18.2 Å². The van der Waals surface area contributed by atoms with Crippen LogP contribution in [-0.2, 0) is 20.0 Å². The number of para-hydroxylation sites is 1. The van der Waals surface area contributed by atoms with Crippen molar-refractivity contribution in [2.45, 2.75) is 36.5 Å². The highest BCUT2D eigenvalue weighted by Crippen LogP contribution is 2.26. The maximum atomic E-state index is 13.1. The normalized spacial score (nSPS) is 15.3. The van der Waals surface area contributed by atoms with Crippen LogP contribution in [0.1, 0.15) is 24.2 Å². The predicted octanol–water partition coefficient (Wildman–Crippen LogP) is 3.07. The van der Waals surface area contributed by atoms with E-state index in [4.69, 9.17) is 0 Å². The predicted molar refractivity (Wildman–Crippen MR) is 118 cm³/mol. The van der Waals surface area contributed by atoms with Gasteiger partial charge in [-0.05, 0) is 63.1 Å². The zero-order chi connectivity index (χ0) is 22.2. The quantitative estimate of drug-likeness (QED) is 0.609. The Morgan fingerprint density at radius 1 is 0.871 bits per heavy atom. The molecule has 1 saturated heterocycles. The first-order valence-corrected chi connectivity index (χ1v) is 12.9. The number of nitrogens with one attached hydrogen (secondary N) is 1. The van der Waals surface area contributed by atoms with Gasteiger partial charge in [-0.2, -0.15) is 9.40 Å². The summed E-state index contributed by atoms with van der Waals surface area (Å²) in [6, 6.07) is 15.1. The molecule has 0 aliphatic carbocycles. The first-order chi connectivity index (χ1) is 14.7. The SMILES string of the molecule is Cc1nn(-c2ccccc2)c(C)c1S(=O)(=O)Nc1ccc(S(=O)(=O)N2CCCC2)cc1. The van der Waals surface area contributed by atoms with E-state index in [1.165, 1.54) is 28.6 Å². The molecule has 4 rings (SSSR count). The van der Waals surface area contributed by atoms with Gasteiger partial charge in [-0.3, -0.25) is 4.72 Å². The summed E-state index contributed by atoms with van der Waals surface area (Å²) in [5.41, 5.74) is 1.92. The van der Waals surface area contributed by atoms with Gasteiger partial charge in [-0.15, -0.1) is 0 Å². The Hall–Kier alpha value is -2.69. The molecule has 2 aromatic carbocycles. The van der Waals surface area contributed by atoms with Crippen LogP contribution in [0.5, 0.6) is 0 Å². The van der Waals surface area contributed by atoms with Gasteiger partial charge in [0.25, 0.3) is 10.0 Å². The fourth-order valence-corrected chi connectivity index (χ4v) is 6.79. The van der Waals surface area contributed by atoms with Gasteiger partial charge < -0.3 is 0 Å². The number of aromatic nitrogens is 2. The van der Waals surface area contributed by atoms with Crippen LogP contribution in [0.3, 0.4) is 0 Å². The van der Waals surface area contributed by atoms with Crippen LogP contribution in [0.25, 0.3) is 5.69 Å². The zero-order valence-corrected chi connectivity index (χ0v) is 18.9. The molecule has 0 amide bonds. The lowest BCUT2D eigenvalue weighted by atomic mass is 10.3. The minimum atomic E-state index is -3.92. The van der Waals surface area contributed by atoms with Gasteiger partial charge in [0, 0.05) is 18.8 Å². The highest BCUT2D eigenvalue weighted by molar-refractivity contribution is 7.92. The maximum absolute atomic E-state index is 13.1. The lowest BCUT2D eigenvalue weighted by Crippen LogP contribution is -2.27. The summed E-state index contributed by atoms with van der Waals surface area (Å²) in [5, 5.41) is 4.39. The first kappa shape index (κ1) is 21.5. The molecule has 0 unspecified atom stereocenters. The summed E-state index contributed by atoms with van der Waals surface area (Å²) in [6.45, 7) is 4.38. The van der Waals surface area contributed by atoms with E-state index in [2.05, 4.69) is 9.82 Å². The number of hydrogen-bond acceptors (Lipinski definition) is 5. The first-order valence-electron chi connectivity index (χ1n) is 9.95. The molecule has 1 aliphatic heterocycles. The zero-order valence-electron chi connectivity index (χ0n) is 17.3. The summed E-state index contributed by atoms with van der Waals surface area (Å²) in [5.74, 6) is 0. The minimum absolute atomic E-state index is 0.102. The average molecular weight is 461 g/mol. The monoisotopic (exact) mass is 460 g/mol. The molecule has 1 fully saturated rings. The molecule has 10 heteroatoms. The van der Waals surface area contributed by atoms with Crippen LogP contribution in [0.4, 0.5) is 5.69 Å². The van der Waals surface area contributed by atoms with Crippen LogP contribution in [-0.4, -0.2) is 44.0 Å². The molecule has 0 atom stereocenters. The number of sulfonamides is 2. The molecule has 0 spiro atoms. The molecule has 0 radical (unpaired) electrons. The Morgan fingerprint density at radius 3 is 2.10 bits per heavy atom. The Morgan fingerprint density at radius 2 is 1.48 bits per heavy atom. The molecule has 1 aromatic heterocycles. The molecule has 31 heavy (non-hydrogen) atoms. The smallest absolute Gasteiger partial charge is 0.265 e. The van der Waals surface area contributed by atoms with Gasteiger partial charge in [0.2, 0.25) is 10.0 Å². The van der Waals surface area contributed by atoms with Crippen LogP contribution in [0.2, 0.25) is 0 Å². The van der Waals surface area contributed by atoms with Crippen molar-refractivity contribution in [3.63, 3.8) is 0 Å². The third-order valence-corrected chi connectivity index (χ3v) is 8.85. The highest BCUT2D eigenvalue weighted by atomic mass is 32.2. The van der Waals surface area contributed by atoms with E-state index in [9.17, 15) is 16.8 Å². The van der Waals surface area contributed by atoms with E-state index >= 15 is 0 Å². The van der Waals surface area contributed by atoms with Gasteiger partial charge >= 0.3 is 0 Å². The molecular weight excluding hydrogens is 436 g/mol. The fraction of sp³-hybridized carbons (Fsp3) is 0.286. The molecule has 164 valence electrons. The van der Waals surface area contributed by atoms with E-state index < -0.39 is 20.0 Å². The Balaban J connectivity index is 1.61. The Labute approximate surface area is 182 Å². The average Bonchev–Trinajstić information content (AvgIpc) is 3.37. The number of anilines is 1. The summed E-state index contributed by atoms with van der Waals surface area (Å²) < 4.78 is 57.1. The van der Waals surface area contributed by atoms with E-state index in [0.29, 0.717) is 24.5 Å². The second-order valence-electron chi connectivity index (χ2n) is 7.49. The van der Waals surface area contributed by atoms with Crippen molar-refractivity contribution in [3.05, 3.63) is 66.0 Å². The second-order valence-corrected chi connectivity index (χ2v) is 11.0. The summed E-state index contributed by atoms with van der Waals surface area (Å²) in [6.07, 6.45) is 1.71. The lowest BCUT2D eigenvalue weighted by molar-refractivity contribution is 0.477. The minimum Gasteiger partial charge on any atom is -0.280 e. The maximum Gasteiger partial charge on any atom is 0.265 e. The van der Waals surface area contributed by atoms with Crippen molar-refractivity contribution in [1.29, 1.82) is 0 Å². The Kier molecular flexibility index (Phi) is 5.63. The third kappa shape index (κ3) is 4.10. The molecule has 1 N–H and O–H groups in total. The van der Waals surface area contributed by atoms with Crippen molar-refractivity contribution in [1.82, 2.24) is 14.1 Å². The van der Waals surface area contributed by atoms with Crippen molar-refractivity contribution in [3.8, 4) is 5.69 Å². The van der Waals surface area contributed by atoms with Gasteiger partial charge in [0.15, 0.2) is 0 Å². The standard InChI is InChI=1S/C21H24N4O4S2/c1-16-21(17(2)25(22-16)19-8-4-3-5-9-19)30(26,27)23-18-10-12-20(13-11-18)31(28,29)24-14-6-7-15-24/h3-5,8-13,23H,6-7,14-15H2,1-2H3. The van der Waals surface area contributed by atoms with Crippen LogP contribution >= 0.6 is 0 Å². The summed E-state index contributed by atoms with van der Waals surface area (Å²) in [7, 11) is -7.47. The number of nitrogens with zero attached hydrogens (tertiary/aromatic N) is 3. The fourth-order valence-electron chi connectivity index (χ4n) is 3.82. The number of aryl methyl sites for hydroxylation is 1. The molecule has 0 saturated carbocycles. The highest BCUT2D eigenvalue weighted by Gasteiger charge is 2.28. The molecular formula is C21H24N4O4S2. The molecule has 0 bridgehead atoms. The van der Waals surface area contributed by atoms with Crippen molar-refractivity contribution < 1.29 is 16.8 Å². The largest absolute Gasteiger partial charge is 0.280 e. The van der Waals surface area contributed by atoms with Crippen molar-refractivity contribution in [2.75, 3.05) is 17.8 Å². The van der Waals surface area contributed by atoms with Crippen molar-refractivity contribution in [2.24, 2.45) is 0 Å². The molecule has 1 aliphatic rings. The topological polar surface area (TPSA) is 101 Å². The second kappa shape index (κ2) is 8.10.